The molecule has 2 aliphatic rings. The topological polar surface area (TPSA) is 34.2 Å². The lowest BCUT2D eigenvalue weighted by atomic mass is 9.93. The van der Waals surface area contributed by atoms with Gasteiger partial charge in [-0.1, -0.05) is 133 Å². The summed E-state index contributed by atoms with van der Waals surface area (Å²) in [5, 5.41) is 11.3. The number of rotatable bonds is 1. The molecule has 0 saturated heterocycles. The van der Waals surface area contributed by atoms with E-state index in [1.54, 1.807) is 0 Å². The molecule has 0 fully saturated rings. The zero-order valence-electron chi connectivity index (χ0n) is 28.1. The van der Waals surface area contributed by atoms with Crippen molar-refractivity contribution in [3.8, 4) is 27.9 Å². The maximum atomic E-state index is 5.38. The van der Waals surface area contributed by atoms with Gasteiger partial charge in [0, 0.05) is 38.2 Å². The zero-order valence-corrected chi connectivity index (χ0v) is 28.1. The molecule has 10 aromatic rings. The summed E-state index contributed by atoms with van der Waals surface area (Å²) in [6.07, 6.45) is 0. The van der Waals surface area contributed by atoms with Crippen LogP contribution < -0.4 is 5.32 Å². The highest BCUT2D eigenvalue weighted by Gasteiger charge is 2.29. The predicted octanol–water partition coefficient (Wildman–Crippen LogP) is 11.9. The summed E-state index contributed by atoms with van der Waals surface area (Å²) in [6, 6.07) is 61.9. The van der Waals surface area contributed by atoms with Crippen LogP contribution in [0.15, 0.2) is 175 Å². The molecule has 0 bridgehead atoms. The lowest BCUT2D eigenvalue weighted by molar-refractivity contribution is 0.731. The number of hydrogen-bond donors (Lipinski definition) is 1. The van der Waals surface area contributed by atoms with E-state index < -0.39 is 0 Å². The van der Waals surface area contributed by atoms with Crippen LogP contribution >= 0.6 is 0 Å². The summed E-state index contributed by atoms with van der Waals surface area (Å²) < 4.78 is 4.88. The molecular weight excluding hydrogens is 633 g/mol. The number of nitrogens with zero attached hydrogens (tertiary/aromatic N) is 3. The highest BCUT2D eigenvalue weighted by molar-refractivity contribution is 6.21. The fourth-order valence-electron chi connectivity index (χ4n) is 9.01. The number of fused-ring (bicyclic) bond motifs is 13. The van der Waals surface area contributed by atoms with Crippen molar-refractivity contribution in [1.82, 2.24) is 14.5 Å². The molecule has 0 spiro atoms. The third kappa shape index (κ3) is 3.73. The summed E-state index contributed by atoms with van der Waals surface area (Å²) >= 11 is 0. The second-order valence-corrected chi connectivity index (χ2v) is 14.0. The van der Waals surface area contributed by atoms with Gasteiger partial charge >= 0.3 is 0 Å². The maximum absolute atomic E-state index is 5.38. The summed E-state index contributed by atoms with van der Waals surface area (Å²) in [7, 11) is 0. The first kappa shape index (κ1) is 27.9. The highest BCUT2D eigenvalue weighted by atomic mass is 15.2. The molecule has 1 unspecified atom stereocenters. The molecule has 1 N–H and O–H groups in total. The Labute approximate surface area is 299 Å². The summed E-state index contributed by atoms with van der Waals surface area (Å²) in [6.45, 7) is 0. The molecule has 242 valence electrons. The smallest absolute Gasteiger partial charge is 0.209 e. The Morgan fingerprint density at radius 3 is 1.98 bits per heavy atom. The third-order valence-corrected chi connectivity index (χ3v) is 11.3. The van der Waals surface area contributed by atoms with Crippen molar-refractivity contribution in [2.75, 3.05) is 0 Å². The normalized spacial score (nSPS) is 14.6. The number of nitrogens with one attached hydrogen (secondary N) is 1. The number of para-hydroxylation sites is 3. The van der Waals surface area contributed by atoms with Crippen LogP contribution in [0.1, 0.15) is 17.2 Å². The van der Waals surface area contributed by atoms with Crippen molar-refractivity contribution in [1.29, 1.82) is 0 Å². The van der Waals surface area contributed by atoms with Gasteiger partial charge in [0.25, 0.3) is 0 Å². The second-order valence-electron chi connectivity index (χ2n) is 14.0. The molecule has 4 heterocycles. The van der Waals surface area contributed by atoms with Gasteiger partial charge in [0.15, 0.2) is 0 Å². The summed E-state index contributed by atoms with van der Waals surface area (Å²) in [5.41, 5.74) is 14.2. The molecule has 8 aromatic carbocycles. The van der Waals surface area contributed by atoms with Gasteiger partial charge in [-0.25, -0.2) is 4.99 Å². The van der Waals surface area contributed by atoms with Crippen LogP contribution in [0.25, 0.3) is 82.3 Å². The van der Waals surface area contributed by atoms with Crippen LogP contribution in [0.3, 0.4) is 0 Å². The molecule has 0 radical (unpaired) electrons. The standard InChI is InChI=1S/C48H30N4/c1-2-13-29(14-3-1)46-37-20-8-10-23-41(37)49-48(50-46)52-43-26-31-16-5-4-15-30(31)25-38(43)40-28-44-39(27-45(40)52)33-18-7-6-17-32(33)35-21-12-22-36-34-19-9-11-24-42(34)51(44)47(35)36/h1-28,46H,(H,49,50). The van der Waals surface area contributed by atoms with E-state index in [4.69, 9.17) is 4.99 Å². The monoisotopic (exact) mass is 662 g/mol. The molecule has 2 aliphatic heterocycles. The molecule has 0 amide bonds. The van der Waals surface area contributed by atoms with Crippen LogP contribution in [-0.4, -0.2) is 15.1 Å². The SMILES string of the molecule is c1ccc(C2NC(n3c4cc5c(cc4c4cc6ccccc6cc43)-n3c4ccccc4c4cccc(c43)-c3ccccc3-5)=Nc3ccccc32)cc1. The molecule has 2 aromatic heterocycles. The lowest BCUT2D eigenvalue weighted by Crippen LogP contribution is -2.36. The summed E-state index contributed by atoms with van der Waals surface area (Å²) in [4.78, 5) is 5.38. The van der Waals surface area contributed by atoms with Crippen molar-refractivity contribution in [3.63, 3.8) is 0 Å². The Hall–Kier alpha value is -6.91. The Kier molecular flexibility index (Phi) is 5.53. The van der Waals surface area contributed by atoms with Gasteiger partial charge in [-0.3, -0.25) is 4.57 Å². The Morgan fingerprint density at radius 1 is 0.442 bits per heavy atom. The second kappa shape index (κ2) is 10.3. The molecule has 0 saturated carbocycles. The minimum Gasteiger partial charge on any atom is -0.344 e. The first-order valence-corrected chi connectivity index (χ1v) is 17.9. The van der Waals surface area contributed by atoms with Crippen LogP contribution in [-0.2, 0) is 0 Å². The summed E-state index contributed by atoms with van der Waals surface area (Å²) in [5.74, 6) is 0.821. The lowest BCUT2D eigenvalue weighted by Gasteiger charge is -2.28. The largest absolute Gasteiger partial charge is 0.344 e. The van der Waals surface area contributed by atoms with Gasteiger partial charge in [0.2, 0.25) is 5.96 Å². The van der Waals surface area contributed by atoms with Gasteiger partial charge < -0.3 is 9.88 Å². The van der Waals surface area contributed by atoms with E-state index in [1.807, 2.05) is 0 Å². The van der Waals surface area contributed by atoms with Crippen LogP contribution in [0, 0.1) is 0 Å². The average Bonchev–Trinajstić information content (AvgIpc) is 3.67. The fourth-order valence-corrected chi connectivity index (χ4v) is 9.01. The van der Waals surface area contributed by atoms with Gasteiger partial charge in [-0.15, -0.1) is 0 Å². The molecule has 12 rings (SSSR count). The van der Waals surface area contributed by atoms with Crippen molar-refractivity contribution in [2.24, 2.45) is 4.99 Å². The van der Waals surface area contributed by atoms with Crippen molar-refractivity contribution < 1.29 is 0 Å². The van der Waals surface area contributed by atoms with E-state index in [2.05, 4.69) is 184 Å². The van der Waals surface area contributed by atoms with E-state index >= 15 is 0 Å². The van der Waals surface area contributed by atoms with Crippen LogP contribution in [0.4, 0.5) is 5.69 Å². The Balaban J connectivity index is 1.24. The van der Waals surface area contributed by atoms with E-state index in [0.717, 1.165) is 22.7 Å². The number of benzene rings is 8. The maximum Gasteiger partial charge on any atom is 0.209 e. The fraction of sp³-hybridized carbons (Fsp3) is 0.0208. The van der Waals surface area contributed by atoms with E-state index in [0.29, 0.717) is 0 Å². The van der Waals surface area contributed by atoms with E-state index in [9.17, 15) is 0 Å². The van der Waals surface area contributed by atoms with E-state index in [1.165, 1.54) is 82.4 Å². The van der Waals surface area contributed by atoms with Gasteiger partial charge in [-0.05, 0) is 63.9 Å². The van der Waals surface area contributed by atoms with Crippen molar-refractivity contribution in [2.45, 2.75) is 6.04 Å². The Bertz CT molecular complexity index is 3160. The van der Waals surface area contributed by atoms with Crippen LogP contribution in [0.5, 0.6) is 0 Å². The number of aromatic nitrogens is 2. The highest BCUT2D eigenvalue weighted by Crippen LogP contribution is 2.49. The van der Waals surface area contributed by atoms with Gasteiger partial charge in [-0.2, -0.15) is 0 Å². The minimum atomic E-state index is -0.0477. The predicted molar refractivity (Wildman–Crippen MR) is 216 cm³/mol. The number of hydrogen-bond acceptors (Lipinski definition) is 2. The van der Waals surface area contributed by atoms with Gasteiger partial charge in [0.05, 0.1) is 39.5 Å². The van der Waals surface area contributed by atoms with Crippen LogP contribution in [0.2, 0.25) is 0 Å². The molecule has 0 aliphatic carbocycles. The van der Waals surface area contributed by atoms with Crippen molar-refractivity contribution in [3.05, 3.63) is 181 Å². The molecule has 4 heteroatoms. The molecular formula is C48H30N4. The number of aliphatic imine (C=N–C) groups is 1. The first-order chi connectivity index (χ1) is 25.8. The molecule has 52 heavy (non-hydrogen) atoms. The van der Waals surface area contributed by atoms with Crippen molar-refractivity contribution >= 4 is 66.0 Å². The molecule has 4 nitrogen and oxygen atoms in total. The van der Waals surface area contributed by atoms with E-state index in [-0.39, 0.29) is 6.04 Å². The minimum absolute atomic E-state index is 0.0477. The Morgan fingerprint density at radius 2 is 1.10 bits per heavy atom. The molecule has 1 atom stereocenters. The third-order valence-electron chi connectivity index (χ3n) is 11.3. The average molecular weight is 663 g/mol. The van der Waals surface area contributed by atoms with Gasteiger partial charge in [0.1, 0.15) is 0 Å². The first-order valence-electron chi connectivity index (χ1n) is 17.9. The quantitative estimate of drug-likeness (QED) is 0.186. The zero-order chi connectivity index (χ0) is 33.9.